The van der Waals surface area contributed by atoms with Gasteiger partial charge in [-0.1, -0.05) is 0 Å². The van der Waals surface area contributed by atoms with E-state index in [1.165, 1.54) is 0 Å². The number of ether oxygens (including phenoxy) is 1. The standard InChI is InChI=1S/C13H23N3O4/c14-10-1-3-15(4-2-10)8-12(17)16-5-6-20-9-11(16)7-13(18)19/h10-11H,1-9,14H2,(H,18,19). The van der Waals surface area contributed by atoms with Gasteiger partial charge in [0.1, 0.15) is 0 Å². The molecule has 3 N–H and O–H groups in total. The third-order valence-corrected chi connectivity index (χ3v) is 3.95. The fraction of sp³-hybridized carbons (Fsp3) is 0.846. The van der Waals surface area contributed by atoms with Crippen molar-refractivity contribution in [3.63, 3.8) is 0 Å². The Labute approximate surface area is 118 Å². The molecule has 0 aliphatic carbocycles. The molecule has 0 bridgehead atoms. The number of amides is 1. The van der Waals surface area contributed by atoms with Gasteiger partial charge in [0.15, 0.2) is 0 Å². The summed E-state index contributed by atoms with van der Waals surface area (Å²) in [6.45, 7) is 3.28. The molecule has 0 aromatic rings. The van der Waals surface area contributed by atoms with Crippen molar-refractivity contribution in [3.05, 3.63) is 0 Å². The molecule has 1 unspecified atom stereocenters. The first-order valence-corrected chi connectivity index (χ1v) is 7.13. The number of hydrogen-bond acceptors (Lipinski definition) is 5. The summed E-state index contributed by atoms with van der Waals surface area (Å²) >= 11 is 0. The third-order valence-electron chi connectivity index (χ3n) is 3.95. The number of hydrogen-bond donors (Lipinski definition) is 2. The van der Waals surface area contributed by atoms with Crippen LogP contribution >= 0.6 is 0 Å². The van der Waals surface area contributed by atoms with Crippen LogP contribution in [0.25, 0.3) is 0 Å². The summed E-state index contributed by atoms with van der Waals surface area (Å²) in [6.07, 6.45) is 1.76. The summed E-state index contributed by atoms with van der Waals surface area (Å²) in [4.78, 5) is 26.9. The lowest BCUT2D eigenvalue weighted by atomic mass is 10.1. The van der Waals surface area contributed by atoms with Crippen molar-refractivity contribution in [3.8, 4) is 0 Å². The molecule has 1 atom stereocenters. The number of likely N-dealkylation sites (tertiary alicyclic amines) is 1. The number of carbonyl (C=O) groups is 2. The van der Waals surface area contributed by atoms with Gasteiger partial charge in [0.05, 0.1) is 32.2 Å². The van der Waals surface area contributed by atoms with Crippen molar-refractivity contribution in [1.82, 2.24) is 9.80 Å². The van der Waals surface area contributed by atoms with Crippen molar-refractivity contribution < 1.29 is 19.4 Å². The van der Waals surface area contributed by atoms with Gasteiger partial charge in [-0.05, 0) is 12.8 Å². The predicted molar refractivity (Wildman–Crippen MR) is 72.2 cm³/mol. The van der Waals surface area contributed by atoms with Crippen molar-refractivity contribution in [1.29, 1.82) is 0 Å². The van der Waals surface area contributed by atoms with Gasteiger partial charge in [0.25, 0.3) is 0 Å². The maximum Gasteiger partial charge on any atom is 0.305 e. The van der Waals surface area contributed by atoms with E-state index in [1.54, 1.807) is 4.90 Å². The molecule has 2 rings (SSSR count). The number of aliphatic carboxylic acids is 1. The molecular formula is C13H23N3O4. The second-order valence-corrected chi connectivity index (χ2v) is 5.53. The first-order valence-electron chi connectivity index (χ1n) is 7.13. The fourth-order valence-corrected chi connectivity index (χ4v) is 2.75. The molecule has 7 nitrogen and oxygen atoms in total. The second kappa shape index (κ2) is 7.01. The number of nitrogens with zero attached hydrogens (tertiary/aromatic N) is 2. The maximum absolute atomic E-state index is 12.3. The summed E-state index contributed by atoms with van der Waals surface area (Å²) in [7, 11) is 0. The van der Waals surface area contributed by atoms with E-state index in [9.17, 15) is 9.59 Å². The lowest BCUT2D eigenvalue weighted by molar-refractivity contribution is -0.147. The number of nitrogens with two attached hydrogens (primary N) is 1. The van der Waals surface area contributed by atoms with Crippen LogP contribution in [0.3, 0.4) is 0 Å². The molecule has 2 aliphatic rings. The van der Waals surface area contributed by atoms with Crippen LogP contribution in [0.1, 0.15) is 19.3 Å². The highest BCUT2D eigenvalue weighted by Crippen LogP contribution is 2.13. The maximum atomic E-state index is 12.3. The monoisotopic (exact) mass is 285 g/mol. The molecule has 0 aromatic carbocycles. The molecule has 0 saturated carbocycles. The highest BCUT2D eigenvalue weighted by molar-refractivity contribution is 5.79. The van der Waals surface area contributed by atoms with Crippen molar-refractivity contribution in [2.75, 3.05) is 39.4 Å². The number of piperidine rings is 1. The topological polar surface area (TPSA) is 96.1 Å². The van der Waals surface area contributed by atoms with Gasteiger partial charge in [-0.2, -0.15) is 0 Å². The molecule has 0 aromatic heterocycles. The summed E-state index contributed by atoms with van der Waals surface area (Å²) in [5.74, 6) is -0.905. The summed E-state index contributed by atoms with van der Waals surface area (Å²) < 4.78 is 5.28. The van der Waals surface area contributed by atoms with Crippen LogP contribution < -0.4 is 5.73 Å². The van der Waals surface area contributed by atoms with Crippen LogP contribution in [0.4, 0.5) is 0 Å². The summed E-state index contributed by atoms with van der Waals surface area (Å²) in [5.41, 5.74) is 5.84. The number of morpholine rings is 1. The predicted octanol–water partition coefficient (Wildman–Crippen LogP) is -0.888. The molecule has 2 saturated heterocycles. The molecule has 7 heteroatoms. The minimum Gasteiger partial charge on any atom is -0.481 e. The Kier molecular flexibility index (Phi) is 5.33. The fourth-order valence-electron chi connectivity index (χ4n) is 2.75. The Bertz CT molecular complexity index is 356. The van der Waals surface area contributed by atoms with Crippen LogP contribution in [0.2, 0.25) is 0 Å². The number of carboxylic acids is 1. The Balaban J connectivity index is 1.87. The van der Waals surface area contributed by atoms with Crippen molar-refractivity contribution in [2.45, 2.75) is 31.3 Å². The molecule has 114 valence electrons. The normalized spacial score (nSPS) is 25.6. The summed E-state index contributed by atoms with van der Waals surface area (Å²) in [6, 6.07) is -0.106. The Morgan fingerprint density at radius 3 is 2.60 bits per heavy atom. The van der Waals surface area contributed by atoms with E-state index in [4.69, 9.17) is 15.6 Å². The molecule has 2 aliphatic heterocycles. The zero-order valence-electron chi connectivity index (χ0n) is 11.7. The zero-order valence-corrected chi connectivity index (χ0v) is 11.7. The number of carbonyl (C=O) groups excluding carboxylic acids is 1. The highest BCUT2D eigenvalue weighted by atomic mass is 16.5. The van der Waals surface area contributed by atoms with Crippen LogP contribution in [0.5, 0.6) is 0 Å². The quantitative estimate of drug-likeness (QED) is 0.696. The lowest BCUT2D eigenvalue weighted by Gasteiger charge is -2.37. The average molecular weight is 285 g/mol. The third kappa shape index (κ3) is 4.16. The zero-order chi connectivity index (χ0) is 14.5. The van der Waals surface area contributed by atoms with E-state index in [0.29, 0.717) is 26.3 Å². The Morgan fingerprint density at radius 2 is 1.95 bits per heavy atom. The Morgan fingerprint density at radius 1 is 1.25 bits per heavy atom. The van der Waals surface area contributed by atoms with E-state index in [0.717, 1.165) is 25.9 Å². The van der Waals surface area contributed by atoms with Crippen LogP contribution in [0, 0.1) is 0 Å². The van der Waals surface area contributed by atoms with Gasteiger partial charge in [-0.25, -0.2) is 0 Å². The SMILES string of the molecule is NC1CCN(CC(=O)N2CCOCC2CC(=O)O)CC1. The van der Waals surface area contributed by atoms with Gasteiger partial charge < -0.3 is 20.5 Å². The van der Waals surface area contributed by atoms with E-state index in [2.05, 4.69) is 4.90 Å². The first-order chi connectivity index (χ1) is 9.56. The Hall–Kier alpha value is -1.18. The number of rotatable bonds is 4. The van der Waals surface area contributed by atoms with E-state index in [-0.39, 0.29) is 24.4 Å². The smallest absolute Gasteiger partial charge is 0.305 e. The van der Waals surface area contributed by atoms with Crippen molar-refractivity contribution >= 4 is 11.9 Å². The molecule has 0 radical (unpaired) electrons. The van der Waals surface area contributed by atoms with Crippen molar-refractivity contribution in [2.24, 2.45) is 5.73 Å². The van der Waals surface area contributed by atoms with E-state index < -0.39 is 5.97 Å². The van der Waals surface area contributed by atoms with Gasteiger partial charge in [-0.3, -0.25) is 14.5 Å². The largest absolute Gasteiger partial charge is 0.481 e. The number of carboxylic acid groups (broad SMARTS) is 1. The summed E-state index contributed by atoms with van der Waals surface area (Å²) in [5, 5.41) is 8.90. The average Bonchev–Trinajstić information content (AvgIpc) is 2.41. The van der Waals surface area contributed by atoms with Crippen LogP contribution in [-0.2, 0) is 14.3 Å². The first kappa shape index (κ1) is 15.2. The lowest BCUT2D eigenvalue weighted by Crippen LogP contribution is -2.53. The molecule has 0 spiro atoms. The molecule has 20 heavy (non-hydrogen) atoms. The molecule has 1 amide bonds. The minimum atomic E-state index is -0.901. The van der Waals surface area contributed by atoms with Gasteiger partial charge >= 0.3 is 5.97 Å². The molecular weight excluding hydrogens is 262 g/mol. The van der Waals surface area contributed by atoms with E-state index >= 15 is 0 Å². The second-order valence-electron chi connectivity index (χ2n) is 5.53. The highest BCUT2D eigenvalue weighted by Gasteiger charge is 2.30. The van der Waals surface area contributed by atoms with Gasteiger partial charge in [-0.15, -0.1) is 0 Å². The van der Waals surface area contributed by atoms with Crippen LogP contribution in [-0.4, -0.2) is 78.3 Å². The minimum absolute atomic E-state index is 0.00461. The van der Waals surface area contributed by atoms with Crippen LogP contribution in [0.15, 0.2) is 0 Å². The van der Waals surface area contributed by atoms with Gasteiger partial charge in [0, 0.05) is 25.7 Å². The molecule has 2 fully saturated rings. The molecule has 2 heterocycles. The van der Waals surface area contributed by atoms with Gasteiger partial charge in [0.2, 0.25) is 5.91 Å². The van der Waals surface area contributed by atoms with E-state index in [1.807, 2.05) is 0 Å².